The van der Waals surface area contributed by atoms with Crippen LogP contribution >= 0.6 is 0 Å². The van der Waals surface area contributed by atoms with Gasteiger partial charge in [-0.25, -0.2) is 4.57 Å². The number of Topliss-reactive ketones (excluding diaryl/α,β-unsaturated/α-hetero) is 1. The second kappa shape index (κ2) is 6.05. The fraction of sp³-hybridized carbons (Fsp3) is 0.294. The first kappa shape index (κ1) is 14.4. The third-order valence-electron chi connectivity index (χ3n) is 3.93. The highest BCUT2D eigenvalue weighted by atomic mass is 16.5. The van der Waals surface area contributed by atoms with Crippen LogP contribution in [0.1, 0.15) is 10.4 Å². The fourth-order valence-electron chi connectivity index (χ4n) is 2.73. The van der Waals surface area contributed by atoms with Crippen molar-refractivity contribution < 1.29 is 18.8 Å². The molecule has 0 aliphatic carbocycles. The Balaban J connectivity index is 1.83. The minimum Gasteiger partial charge on any atom is -0.493 e. The number of hydrogen-bond acceptors (Lipinski definition) is 4. The van der Waals surface area contributed by atoms with Crippen LogP contribution in [0.15, 0.2) is 42.6 Å². The number of anilines is 1. The van der Waals surface area contributed by atoms with Crippen molar-refractivity contribution in [2.24, 2.45) is 5.92 Å². The number of nitrogens with one attached hydrogen (secondary N) is 1. The van der Waals surface area contributed by atoms with Crippen LogP contribution in [-0.4, -0.2) is 26.5 Å². The Kier molecular flexibility index (Phi) is 3.96. The molecule has 1 aromatic carbocycles. The highest BCUT2D eigenvalue weighted by Crippen LogP contribution is 2.28. The van der Waals surface area contributed by atoms with Gasteiger partial charge >= 0.3 is 0 Å². The largest absolute Gasteiger partial charge is 0.493 e. The Labute approximate surface area is 129 Å². The zero-order valence-electron chi connectivity index (χ0n) is 12.7. The lowest BCUT2D eigenvalue weighted by atomic mass is 9.95. The lowest BCUT2D eigenvalue weighted by Gasteiger charge is -2.20. The number of hydrogen-bond donors (Lipinski definition) is 1. The zero-order chi connectivity index (χ0) is 15.5. The summed E-state index contributed by atoms with van der Waals surface area (Å²) < 4.78 is 12.5. The van der Waals surface area contributed by atoms with Gasteiger partial charge in [0.1, 0.15) is 6.54 Å². The van der Waals surface area contributed by atoms with E-state index in [-0.39, 0.29) is 11.7 Å². The van der Waals surface area contributed by atoms with Gasteiger partial charge in [0.25, 0.3) is 5.82 Å². The molecular weight excluding hydrogens is 280 g/mol. The van der Waals surface area contributed by atoms with E-state index in [9.17, 15) is 4.79 Å². The molecule has 1 aromatic heterocycles. The molecule has 0 fully saturated rings. The third-order valence-corrected chi connectivity index (χ3v) is 3.93. The molecule has 0 bridgehead atoms. The first-order valence-electron chi connectivity index (χ1n) is 7.21. The molecular formula is C17H19N2O3+. The average Bonchev–Trinajstić information content (AvgIpc) is 2.60. The minimum absolute atomic E-state index is 0.0991. The minimum atomic E-state index is -0.0991. The lowest BCUT2D eigenvalue weighted by Crippen LogP contribution is -2.49. The Bertz CT molecular complexity index is 700. The highest BCUT2D eigenvalue weighted by molar-refractivity contribution is 5.98. The Hall–Kier alpha value is -2.56. The van der Waals surface area contributed by atoms with Crippen LogP contribution in [-0.2, 0) is 6.54 Å². The molecule has 22 heavy (non-hydrogen) atoms. The molecule has 114 valence electrons. The van der Waals surface area contributed by atoms with E-state index in [1.807, 2.05) is 24.4 Å². The Morgan fingerprint density at radius 3 is 2.77 bits per heavy atom. The SMILES string of the molecule is COc1ccc(C(=O)C2CNc3cccc[n+]3C2)cc1OC. The maximum atomic E-state index is 12.7. The molecule has 2 aromatic rings. The molecule has 0 saturated carbocycles. The van der Waals surface area contributed by atoms with Gasteiger partial charge in [0.05, 0.1) is 32.9 Å². The van der Waals surface area contributed by atoms with E-state index in [4.69, 9.17) is 9.47 Å². The molecule has 1 aliphatic heterocycles. The molecule has 1 aliphatic rings. The van der Waals surface area contributed by atoms with Crippen LogP contribution in [0.3, 0.4) is 0 Å². The number of nitrogens with zero attached hydrogens (tertiary/aromatic N) is 1. The van der Waals surface area contributed by atoms with Gasteiger partial charge in [-0.05, 0) is 24.3 Å². The van der Waals surface area contributed by atoms with Crippen LogP contribution in [0.5, 0.6) is 11.5 Å². The van der Waals surface area contributed by atoms with E-state index in [0.29, 0.717) is 30.2 Å². The zero-order valence-corrected chi connectivity index (χ0v) is 12.7. The second-order valence-electron chi connectivity index (χ2n) is 5.25. The van der Waals surface area contributed by atoms with E-state index in [0.717, 1.165) is 5.82 Å². The summed E-state index contributed by atoms with van der Waals surface area (Å²) >= 11 is 0. The standard InChI is InChI=1S/C17H18N2O3/c1-21-14-7-6-12(9-15(14)22-2)17(20)13-10-18-16-5-3-4-8-19(16)11-13/h3-9,13H,10-11H2,1-2H3/p+1. The number of carbonyl (C=O) groups excluding carboxylic acids is 1. The van der Waals surface area contributed by atoms with Crippen LogP contribution in [0.25, 0.3) is 0 Å². The van der Waals surface area contributed by atoms with Crippen LogP contribution in [0.2, 0.25) is 0 Å². The van der Waals surface area contributed by atoms with Gasteiger partial charge in [0, 0.05) is 11.6 Å². The van der Waals surface area contributed by atoms with Crippen molar-refractivity contribution in [3.63, 3.8) is 0 Å². The molecule has 0 spiro atoms. The van der Waals surface area contributed by atoms with Crippen LogP contribution in [0, 0.1) is 5.92 Å². The van der Waals surface area contributed by atoms with Crippen molar-refractivity contribution in [3.8, 4) is 11.5 Å². The van der Waals surface area contributed by atoms with E-state index in [2.05, 4.69) is 9.88 Å². The second-order valence-corrected chi connectivity index (χ2v) is 5.25. The number of fused-ring (bicyclic) bond motifs is 1. The predicted molar refractivity (Wildman–Crippen MR) is 82.5 cm³/mol. The maximum absolute atomic E-state index is 12.7. The smallest absolute Gasteiger partial charge is 0.274 e. The van der Waals surface area contributed by atoms with Gasteiger partial charge in [0.15, 0.2) is 17.3 Å². The monoisotopic (exact) mass is 299 g/mol. The van der Waals surface area contributed by atoms with Crippen molar-refractivity contribution in [2.75, 3.05) is 26.1 Å². The van der Waals surface area contributed by atoms with Gasteiger partial charge in [-0.2, -0.15) is 0 Å². The van der Waals surface area contributed by atoms with Gasteiger partial charge in [-0.3, -0.25) is 10.1 Å². The molecule has 3 rings (SSSR count). The van der Waals surface area contributed by atoms with Crippen molar-refractivity contribution in [3.05, 3.63) is 48.2 Å². The van der Waals surface area contributed by atoms with E-state index < -0.39 is 0 Å². The van der Waals surface area contributed by atoms with Gasteiger partial charge < -0.3 is 9.47 Å². The summed E-state index contributed by atoms with van der Waals surface area (Å²) in [5.41, 5.74) is 0.643. The summed E-state index contributed by atoms with van der Waals surface area (Å²) in [6.07, 6.45) is 1.98. The van der Waals surface area contributed by atoms with E-state index in [1.54, 1.807) is 32.4 Å². The Morgan fingerprint density at radius 1 is 1.18 bits per heavy atom. The number of ketones is 1. The summed E-state index contributed by atoms with van der Waals surface area (Å²) in [6.45, 7) is 1.31. The lowest BCUT2D eigenvalue weighted by molar-refractivity contribution is -0.690. The maximum Gasteiger partial charge on any atom is 0.274 e. The summed E-state index contributed by atoms with van der Waals surface area (Å²) in [5, 5.41) is 3.30. The molecule has 5 heteroatoms. The average molecular weight is 299 g/mol. The molecule has 0 amide bonds. The number of methoxy groups -OCH3 is 2. The highest BCUT2D eigenvalue weighted by Gasteiger charge is 2.30. The van der Waals surface area contributed by atoms with Crippen molar-refractivity contribution in [1.29, 1.82) is 0 Å². The quantitative estimate of drug-likeness (QED) is 0.692. The number of aromatic nitrogens is 1. The topological polar surface area (TPSA) is 51.4 Å². The van der Waals surface area contributed by atoms with Gasteiger partial charge in [-0.1, -0.05) is 6.07 Å². The number of ether oxygens (including phenoxy) is 2. The summed E-state index contributed by atoms with van der Waals surface area (Å²) in [6, 6.07) is 11.3. The van der Waals surface area contributed by atoms with Crippen molar-refractivity contribution in [2.45, 2.75) is 6.54 Å². The first-order chi connectivity index (χ1) is 10.7. The van der Waals surface area contributed by atoms with Crippen molar-refractivity contribution >= 4 is 11.6 Å². The summed E-state index contributed by atoms with van der Waals surface area (Å²) in [7, 11) is 3.15. The fourth-order valence-corrected chi connectivity index (χ4v) is 2.73. The number of rotatable bonds is 4. The van der Waals surface area contributed by atoms with Crippen LogP contribution < -0.4 is 19.4 Å². The molecule has 0 saturated heterocycles. The molecule has 1 atom stereocenters. The molecule has 0 radical (unpaired) electrons. The first-order valence-corrected chi connectivity index (χ1v) is 7.21. The predicted octanol–water partition coefficient (Wildman–Crippen LogP) is 1.92. The number of benzene rings is 1. The molecule has 5 nitrogen and oxygen atoms in total. The Morgan fingerprint density at radius 2 is 2.00 bits per heavy atom. The van der Waals surface area contributed by atoms with Gasteiger partial charge in [0.2, 0.25) is 0 Å². The third kappa shape index (κ3) is 2.62. The molecule has 2 heterocycles. The number of pyridine rings is 1. The summed E-state index contributed by atoms with van der Waals surface area (Å²) in [5.74, 6) is 2.25. The van der Waals surface area contributed by atoms with Gasteiger partial charge in [-0.15, -0.1) is 0 Å². The molecule has 1 unspecified atom stereocenters. The normalized spacial score (nSPS) is 16.4. The van der Waals surface area contributed by atoms with E-state index >= 15 is 0 Å². The summed E-state index contributed by atoms with van der Waals surface area (Å²) in [4.78, 5) is 12.7. The molecule has 1 N–H and O–H groups in total. The van der Waals surface area contributed by atoms with E-state index in [1.165, 1.54) is 0 Å². The van der Waals surface area contributed by atoms with Crippen LogP contribution in [0.4, 0.5) is 5.82 Å². The number of carbonyl (C=O) groups is 1. The van der Waals surface area contributed by atoms with Crippen molar-refractivity contribution in [1.82, 2.24) is 0 Å².